The van der Waals surface area contributed by atoms with Gasteiger partial charge in [0.15, 0.2) is 0 Å². The number of hydrogen-bond acceptors (Lipinski definition) is 5. The van der Waals surface area contributed by atoms with E-state index in [1.54, 1.807) is 20.8 Å². The number of carbonyl (C=O) groups excluding carboxylic acids is 3. The zero-order valence-electron chi connectivity index (χ0n) is 11.5. The minimum atomic E-state index is -1.05. The SMILES string of the molecule is C=C(C)C(=O)OC(OC(=O)CC(C)=O)C(C)(C)C. The first-order valence-corrected chi connectivity index (χ1v) is 5.59. The number of Topliss-reactive ketones (excluding diaryl/α,β-unsaturated/α-hetero) is 1. The molecule has 0 bridgehead atoms. The van der Waals surface area contributed by atoms with Crippen LogP contribution in [0.2, 0.25) is 0 Å². The summed E-state index contributed by atoms with van der Waals surface area (Å²) in [6.45, 7) is 11.5. The van der Waals surface area contributed by atoms with Crippen molar-refractivity contribution in [3.8, 4) is 0 Å². The Kier molecular flexibility index (Phi) is 5.75. The van der Waals surface area contributed by atoms with Crippen LogP contribution in [0.3, 0.4) is 0 Å². The van der Waals surface area contributed by atoms with Crippen LogP contribution in [0, 0.1) is 5.41 Å². The molecule has 5 heteroatoms. The van der Waals surface area contributed by atoms with E-state index in [1.807, 2.05) is 0 Å². The van der Waals surface area contributed by atoms with Gasteiger partial charge in [0, 0.05) is 11.0 Å². The number of hydrogen-bond donors (Lipinski definition) is 0. The molecule has 0 aliphatic rings. The molecule has 1 unspecified atom stereocenters. The first-order chi connectivity index (χ1) is 8.04. The van der Waals surface area contributed by atoms with E-state index < -0.39 is 23.6 Å². The maximum Gasteiger partial charge on any atom is 0.336 e. The van der Waals surface area contributed by atoms with Gasteiger partial charge in [0.05, 0.1) is 0 Å². The van der Waals surface area contributed by atoms with Crippen LogP contribution in [-0.4, -0.2) is 24.0 Å². The second kappa shape index (κ2) is 6.33. The van der Waals surface area contributed by atoms with Crippen LogP contribution < -0.4 is 0 Å². The van der Waals surface area contributed by atoms with Gasteiger partial charge >= 0.3 is 11.9 Å². The number of esters is 2. The smallest absolute Gasteiger partial charge is 0.336 e. The second-order valence-corrected chi connectivity index (χ2v) is 5.25. The summed E-state index contributed by atoms with van der Waals surface area (Å²) in [5, 5.41) is 0. The Balaban J connectivity index is 4.71. The van der Waals surface area contributed by atoms with E-state index in [-0.39, 0.29) is 17.8 Å². The highest BCUT2D eigenvalue weighted by Crippen LogP contribution is 2.24. The average molecular weight is 256 g/mol. The highest BCUT2D eigenvalue weighted by molar-refractivity contribution is 5.94. The van der Waals surface area contributed by atoms with Gasteiger partial charge in [0.2, 0.25) is 0 Å². The summed E-state index contributed by atoms with van der Waals surface area (Å²) >= 11 is 0. The normalized spacial score (nSPS) is 12.5. The molecule has 1 atom stereocenters. The topological polar surface area (TPSA) is 69.7 Å². The lowest BCUT2D eigenvalue weighted by atomic mass is 9.96. The number of ketones is 1. The quantitative estimate of drug-likeness (QED) is 0.325. The maximum absolute atomic E-state index is 11.4. The minimum absolute atomic E-state index is 0.215. The Morgan fingerprint density at radius 2 is 1.61 bits per heavy atom. The van der Waals surface area contributed by atoms with Crippen molar-refractivity contribution in [2.75, 3.05) is 0 Å². The molecule has 0 spiro atoms. The molecule has 0 aliphatic heterocycles. The number of rotatable bonds is 5. The minimum Gasteiger partial charge on any atom is -0.424 e. The Morgan fingerprint density at radius 1 is 1.11 bits per heavy atom. The van der Waals surface area contributed by atoms with E-state index in [0.29, 0.717) is 0 Å². The fraction of sp³-hybridized carbons (Fsp3) is 0.615. The van der Waals surface area contributed by atoms with Crippen LogP contribution in [0.5, 0.6) is 0 Å². The Labute approximate surface area is 107 Å². The van der Waals surface area contributed by atoms with Crippen LogP contribution in [0.4, 0.5) is 0 Å². The molecule has 0 heterocycles. The molecule has 5 nitrogen and oxygen atoms in total. The summed E-state index contributed by atoms with van der Waals surface area (Å²) in [4.78, 5) is 33.6. The lowest BCUT2D eigenvalue weighted by molar-refractivity contribution is -0.204. The van der Waals surface area contributed by atoms with Gasteiger partial charge < -0.3 is 9.47 Å². The highest BCUT2D eigenvalue weighted by Gasteiger charge is 2.32. The molecule has 0 aromatic heterocycles. The summed E-state index contributed by atoms with van der Waals surface area (Å²) in [5.74, 6) is -1.65. The molecule has 0 saturated carbocycles. The largest absolute Gasteiger partial charge is 0.424 e. The third-order valence-corrected chi connectivity index (χ3v) is 1.90. The predicted molar refractivity (Wildman–Crippen MR) is 65.5 cm³/mol. The van der Waals surface area contributed by atoms with Crippen molar-refractivity contribution in [2.24, 2.45) is 5.41 Å². The van der Waals surface area contributed by atoms with E-state index in [1.165, 1.54) is 13.8 Å². The third kappa shape index (κ3) is 6.18. The van der Waals surface area contributed by atoms with Crippen LogP contribution in [0.1, 0.15) is 41.0 Å². The summed E-state index contributed by atoms with van der Waals surface area (Å²) < 4.78 is 10.0. The fourth-order valence-electron chi connectivity index (χ4n) is 0.940. The molecule has 0 N–H and O–H groups in total. The van der Waals surface area contributed by atoms with Crippen molar-refractivity contribution in [1.82, 2.24) is 0 Å². The van der Waals surface area contributed by atoms with Crippen molar-refractivity contribution >= 4 is 17.7 Å². The van der Waals surface area contributed by atoms with Gasteiger partial charge in [-0.05, 0) is 13.8 Å². The van der Waals surface area contributed by atoms with Crippen molar-refractivity contribution in [3.63, 3.8) is 0 Å². The number of ether oxygens (including phenoxy) is 2. The van der Waals surface area contributed by atoms with E-state index in [9.17, 15) is 14.4 Å². The summed E-state index contributed by atoms with van der Waals surface area (Å²) in [6.07, 6.45) is -1.38. The zero-order valence-corrected chi connectivity index (χ0v) is 11.5. The monoisotopic (exact) mass is 256 g/mol. The molecular formula is C13H20O5. The molecule has 0 amide bonds. The van der Waals surface area contributed by atoms with Gasteiger partial charge in [-0.25, -0.2) is 4.79 Å². The molecule has 0 saturated heterocycles. The molecule has 102 valence electrons. The van der Waals surface area contributed by atoms with Gasteiger partial charge in [0.1, 0.15) is 12.2 Å². The summed E-state index contributed by atoms with van der Waals surface area (Å²) in [7, 11) is 0. The molecule has 0 fully saturated rings. The summed E-state index contributed by atoms with van der Waals surface area (Å²) in [6, 6.07) is 0. The Hall–Kier alpha value is -1.65. The molecule has 0 aromatic rings. The van der Waals surface area contributed by atoms with Crippen molar-refractivity contribution in [3.05, 3.63) is 12.2 Å². The molecule has 0 aliphatic carbocycles. The van der Waals surface area contributed by atoms with Gasteiger partial charge in [-0.2, -0.15) is 0 Å². The van der Waals surface area contributed by atoms with Gasteiger partial charge in [0.25, 0.3) is 6.29 Å². The molecule has 18 heavy (non-hydrogen) atoms. The van der Waals surface area contributed by atoms with Crippen molar-refractivity contribution in [1.29, 1.82) is 0 Å². The molecule has 0 radical (unpaired) electrons. The first kappa shape index (κ1) is 16.4. The summed E-state index contributed by atoms with van der Waals surface area (Å²) in [5.41, 5.74) is -0.371. The number of carbonyl (C=O) groups is 3. The Bertz CT molecular complexity index is 362. The molecule has 0 aromatic carbocycles. The lowest BCUT2D eigenvalue weighted by Gasteiger charge is -2.29. The van der Waals surface area contributed by atoms with Gasteiger partial charge in [-0.1, -0.05) is 27.4 Å². The van der Waals surface area contributed by atoms with Crippen LogP contribution >= 0.6 is 0 Å². The van der Waals surface area contributed by atoms with Crippen molar-refractivity contribution < 1.29 is 23.9 Å². The second-order valence-electron chi connectivity index (χ2n) is 5.25. The van der Waals surface area contributed by atoms with E-state index >= 15 is 0 Å². The van der Waals surface area contributed by atoms with E-state index in [4.69, 9.17) is 9.47 Å². The predicted octanol–water partition coefficient (Wildman–Crippen LogP) is 2.00. The van der Waals surface area contributed by atoms with Crippen LogP contribution in [0.25, 0.3) is 0 Å². The standard InChI is InChI=1S/C13H20O5/c1-8(2)11(16)18-12(13(4,5)6)17-10(15)7-9(3)14/h12H,1,7H2,2-6H3. The van der Waals surface area contributed by atoms with E-state index in [2.05, 4.69) is 6.58 Å². The third-order valence-electron chi connectivity index (χ3n) is 1.90. The van der Waals surface area contributed by atoms with Gasteiger partial charge in [-0.3, -0.25) is 9.59 Å². The first-order valence-electron chi connectivity index (χ1n) is 5.59. The van der Waals surface area contributed by atoms with Crippen LogP contribution in [-0.2, 0) is 23.9 Å². The van der Waals surface area contributed by atoms with Gasteiger partial charge in [-0.15, -0.1) is 0 Å². The lowest BCUT2D eigenvalue weighted by Crippen LogP contribution is -2.36. The highest BCUT2D eigenvalue weighted by atomic mass is 16.7. The maximum atomic E-state index is 11.4. The molecule has 0 rings (SSSR count). The average Bonchev–Trinajstić information content (AvgIpc) is 2.13. The zero-order chi connectivity index (χ0) is 14.5. The Morgan fingerprint density at radius 3 is 1.94 bits per heavy atom. The van der Waals surface area contributed by atoms with Crippen LogP contribution in [0.15, 0.2) is 12.2 Å². The molecular weight excluding hydrogens is 236 g/mol. The fourth-order valence-corrected chi connectivity index (χ4v) is 0.940. The van der Waals surface area contributed by atoms with E-state index in [0.717, 1.165) is 0 Å². The van der Waals surface area contributed by atoms with Crippen molar-refractivity contribution in [2.45, 2.75) is 47.3 Å².